The molecule has 110 valence electrons. The zero-order valence-electron chi connectivity index (χ0n) is 11.6. The van der Waals surface area contributed by atoms with E-state index in [0.717, 1.165) is 15.6 Å². The summed E-state index contributed by atoms with van der Waals surface area (Å²) in [4.78, 5) is 10.7. The van der Waals surface area contributed by atoms with Gasteiger partial charge in [0.15, 0.2) is 0 Å². The minimum Gasteiger partial charge on any atom is -0.352 e. The number of hydrogen-bond acceptors (Lipinski definition) is 1. The van der Waals surface area contributed by atoms with E-state index >= 15 is 0 Å². The summed E-state index contributed by atoms with van der Waals surface area (Å²) < 4.78 is 1.04. The number of primary amides is 1. The third-order valence-electron chi connectivity index (χ3n) is 2.75. The molecule has 0 saturated heterocycles. The van der Waals surface area contributed by atoms with Crippen molar-refractivity contribution in [1.29, 1.82) is 0 Å². The number of anilines is 1. The monoisotopic (exact) mass is 398 g/mol. The van der Waals surface area contributed by atoms with Crippen molar-refractivity contribution in [3.63, 3.8) is 0 Å². The number of halogens is 1. The van der Waals surface area contributed by atoms with E-state index in [9.17, 15) is 4.79 Å². The molecular formula is C17H15BrFeN2O+4. The molecular weight excluding hydrogens is 384 g/mol. The first kappa shape index (κ1) is 18.2. The van der Waals surface area contributed by atoms with Crippen LogP contribution in [-0.4, -0.2) is 6.03 Å². The van der Waals surface area contributed by atoms with Crippen molar-refractivity contribution in [2.75, 3.05) is 5.32 Å². The third-order valence-corrected chi connectivity index (χ3v) is 3.28. The van der Waals surface area contributed by atoms with E-state index in [1.54, 1.807) is 0 Å². The number of nitrogens with two attached hydrogens (primary N) is 1. The van der Waals surface area contributed by atoms with E-state index in [1.165, 1.54) is 0 Å². The van der Waals surface area contributed by atoms with Gasteiger partial charge in [0.2, 0.25) is 0 Å². The van der Waals surface area contributed by atoms with Crippen LogP contribution in [0.1, 0.15) is 0 Å². The SMILES string of the molecule is NC(=O)Nc1cc[c-](-c2ccc(Br)cc2)c1.[Fe+6].c1cc[cH-]c1. The predicted molar refractivity (Wildman–Crippen MR) is 90.4 cm³/mol. The second-order valence-electron chi connectivity index (χ2n) is 4.35. The molecule has 0 radical (unpaired) electrons. The fourth-order valence-electron chi connectivity index (χ4n) is 1.81. The molecule has 2 amide bonds. The van der Waals surface area contributed by atoms with Crippen molar-refractivity contribution >= 4 is 27.6 Å². The summed E-state index contributed by atoms with van der Waals surface area (Å²) in [5, 5.41) is 2.54. The van der Waals surface area contributed by atoms with E-state index < -0.39 is 6.03 Å². The molecule has 0 saturated carbocycles. The maximum Gasteiger partial charge on any atom is 6.00 e. The minimum atomic E-state index is -0.548. The number of carbonyl (C=O) groups excluding carboxylic acids is 1. The Bertz CT molecular complexity index is 658. The molecule has 3 nitrogen and oxygen atoms in total. The van der Waals surface area contributed by atoms with Gasteiger partial charge in [-0.3, -0.25) is 0 Å². The summed E-state index contributed by atoms with van der Waals surface area (Å²) in [5.74, 6) is 0. The Hall–Kier alpha value is -1.81. The van der Waals surface area contributed by atoms with Crippen molar-refractivity contribution in [3.8, 4) is 11.1 Å². The van der Waals surface area contributed by atoms with Gasteiger partial charge in [-0.15, -0.1) is 35.9 Å². The van der Waals surface area contributed by atoms with E-state index in [0.29, 0.717) is 5.69 Å². The molecule has 0 aliphatic rings. The predicted octanol–water partition coefficient (Wildman–Crippen LogP) is 4.73. The van der Waals surface area contributed by atoms with Gasteiger partial charge >= 0.3 is 23.1 Å². The molecule has 0 atom stereocenters. The summed E-state index contributed by atoms with van der Waals surface area (Å²) in [5.41, 5.74) is 7.90. The Morgan fingerprint density at radius 3 is 2.27 bits per heavy atom. The van der Waals surface area contributed by atoms with E-state index in [2.05, 4.69) is 21.2 Å². The van der Waals surface area contributed by atoms with Crippen LogP contribution in [0, 0.1) is 0 Å². The molecule has 0 spiro atoms. The van der Waals surface area contributed by atoms with Crippen LogP contribution in [0.15, 0.2) is 77.3 Å². The van der Waals surface area contributed by atoms with Crippen molar-refractivity contribution in [2.45, 2.75) is 0 Å². The van der Waals surface area contributed by atoms with Gasteiger partial charge < -0.3 is 11.1 Å². The fourth-order valence-corrected chi connectivity index (χ4v) is 2.07. The molecule has 22 heavy (non-hydrogen) atoms. The first-order valence-corrected chi connectivity index (χ1v) is 7.20. The second-order valence-corrected chi connectivity index (χ2v) is 5.26. The first-order chi connectivity index (χ1) is 10.1. The van der Waals surface area contributed by atoms with Crippen molar-refractivity contribution in [1.82, 2.24) is 0 Å². The second kappa shape index (κ2) is 9.26. The first-order valence-electron chi connectivity index (χ1n) is 6.41. The van der Waals surface area contributed by atoms with Gasteiger partial charge in [0.05, 0.1) is 0 Å². The number of urea groups is 1. The number of rotatable bonds is 2. The van der Waals surface area contributed by atoms with Crippen LogP contribution in [0.4, 0.5) is 10.5 Å². The number of amides is 2. The van der Waals surface area contributed by atoms with Crippen LogP contribution in [0.2, 0.25) is 0 Å². The van der Waals surface area contributed by atoms with Gasteiger partial charge in [-0.05, 0) is 5.69 Å². The number of carbonyl (C=O) groups is 1. The zero-order chi connectivity index (χ0) is 15.1. The van der Waals surface area contributed by atoms with E-state index in [1.807, 2.05) is 72.8 Å². The van der Waals surface area contributed by atoms with Crippen LogP contribution in [0.25, 0.3) is 11.1 Å². The molecule has 0 fully saturated rings. The summed E-state index contributed by atoms with van der Waals surface area (Å²) >= 11 is 3.38. The maximum atomic E-state index is 10.7. The van der Waals surface area contributed by atoms with Crippen LogP contribution in [0.5, 0.6) is 0 Å². The van der Waals surface area contributed by atoms with Gasteiger partial charge in [0.25, 0.3) is 0 Å². The van der Waals surface area contributed by atoms with E-state index in [4.69, 9.17) is 5.73 Å². The topological polar surface area (TPSA) is 55.1 Å². The molecule has 0 unspecified atom stereocenters. The number of hydrogen-bond donors (Lipinski definition) is 2. The van der Waals surface area contributed by atoms with Crippen LogP contribution >= 0.6 is 15.9 Å². The zero-order valence-corrected chi connectivity index (χ0v) is 14.3. The summed E-state index contributed by atoms with van der Waals surface area (Å²) in [6.45, 7) is 0. The minimum absolute atomic E-state index is 0. The molecule has 0 aromatic heterocycles. The summed E-state index contributed by atoms with van der Waals surface area (Å²) in [6.07, 6.45) is 0. The molecule has 3 N–H and O–H groups in total. The Kier molecular flexibility index (Phi) is 7.67. The molecule has 0 heterocycles. The maximum absolute atomic E-state index is 10.7. The van der Waals surface area contributed by atoms with Crippen LogP contribution < -0.4 is 11.1 Å². The van der Waals surface area contributed by atoms with Gasteiger partial charge in [-0.25, -0.2) is 16.9 Å². The fraction of sp³-hybridized carbons (Fsp3) is 0. The molecule has 0 bridgehead atoms. The van der Waals surface area contributed by atoms with Crippen LogP contribution in [-0.2, 0) is 17.1 Å². The molecule has 5 heteroatoms. The Balaban J connectivity index is 0.000000344. The van der Waals surface area contributed by atoms with E-state index in [-0.39, 0.29) is 17.1 Å². The third kappa shape index (κ3) is 5.90. The number of nitrogens with one attached hydrogen (secondary N) is 1. The van der Waals surface area contributed by atoms with Gasteiger partial charge in [0.1, 0.15) is 0 Å². The molecule has 3 rings (SSSR count). The van der Waals surface area contributed by atoms with Gasteiger partial charge in [0, 0.05) is 4.47 Å². The van der Waals surface area contributed by atoms with Gasteiger partial charge in [-0.2, -0.15) is 18.2 Å². The summed E-state index contributed by atoms with van der Waals surface area (Å²) in [6, 6.07) is 23.1. The molecule has 0 aliphatic heterocycles. The molecule has 3 aromatic rings. The molecule has 0 aliphatic carbocycles. The Morgan fingerprint density at radius 1 is 1.14 bits per heavy atom. The van der Waals surface area contributed by atoms with Crippen LogP contribution in [0.3, 0.4) is 0 Å². The van der Waals surface area contributed by atoms with Crippen molar-refractivity contribution < 1.29 is 21.9 Å². The van der Waals surface area contributed by atoms with Gasteiger partial charge in [-0.1, -0.05) is 33.6 Å². The quantitative estimate of drug-likeness (QED) is 0.475. The molecule has 3 aromatic carbocycles. The smallest absolute Gasteiger partial charge is 0.352 e. The number of benzene rings is 1. The standard InChI is InChI=1S/C12H10BrN2O.C5H5.Fe/c13-10-4-1-8(2-5-10)9-3-6-11(7-9)15-12(14)16;1-2-4-5-3-1;/h1-7H,(H3,14,15,16);1-5H;/q2*-1;+6. The largest absolute Gasteiger partial charge is 6.00 e. The Labute approximate surface area is 148 Å². The van der Waals surface area contributed by atoms with Crippen molar-refractivity contribution in [2.24, 2.45) is 5.73 Å². The average Bonchev–Trinajstić information content (AvgIpc) is 3.12. The average molecular weight is 399 g/mol. The van der Waals surface area contributed by atoms with Crippen molar-refractivity contribution in [3.05, 3.63) is 77.3 Å². The Morgan fingerprint density at radius 2 is 1.77 bits per heavy atom. The summed E-state index contributed by atoms with van der Waals surface area (Å²) in [7, 11) is 0. The normalized spacial score (nSPS) is 9.14.